The van der Waals surface area contributed by atoms with Crippen molar-refractivity contribution in [1.29, 1.82) is 0 Å². The highest BCUT2D eigenvalue weighted by atomic mass is 35.5. The number of aliphatic carboxylic acids is 1. The van der Waals surface area contributed by atoms with Gasteiger partial charge in [-0.15, -0.1) is 0 Å². The number of carboxylic acid groups (broad SMARTS) is 1. The number of likely N-dealkylation sites (N-methyl/N-ethyl adjacent to an activating group) is 1. The van der Waals surface area contributed by atoms with Gasteiger partial charge in [0.1, 0.15) is 0 Å². The third-order valence-electron chi connectivity index (χ3n) is 4.02. The van der Waals surface area contributed by atoms with Crippen LogP contribution in [0.3, 0.4) is 0 Å². The van der Waals surface area contributed by atoms with Gasteiger partial charge in [-0.25, -0.2) is 0 Å². The Morgan fingerprint density at radius 2 is 1.92 bits per heavy atom. The second-order valence-corrected chi connectivity index (χ2v) is 6.36. The van der Waals surface area contributed by atoms with Gasteiger partial charge in [0.25, 0.3) is 0 Å². The van der Waals surface area contributed by atoms with Crippen molar-refractivity contribution < 1.29 is 9.90 Å². The summed E-state index contributed by atoms with van der Waals surface area (Å²) < 4.78 is 0. The molecular formula is C22H22ClNO2. The predicted octanol–water partition coefficient (Wildman–Crippen LogP) is 4.57. The van der Waals surface area contributed by atoms with Crippen LogP contribution >= 0.6 is 11.6 Å². The molecule has 0 saturated carbocycles. The second kappa shape index (κ2) is 9.82. The van der Waals surface area contributed by atoms with Gasteiger partial charge in [-0.05, 0) is 48.9 Å². The van der Waals surface area contributed by atoms with E-state index in [1.807, 2.05) is 36.4 Å². The zero-order valence-corrected chi connectivity index (χ0v) is 15.7. The molecule has 0 aliphatic rings. The highest BCUT2D eigenvalue weighted by Crippen LogP contribution is 2.27. The van der Waals surface area contributed by atoms with Crippen LogP contribution in [0.1, 0.15) is 29.7 Å². The molecule has 0 spiro atoms. The number of aryl methyl sites for hydroxylation is 1. The lowest BCUT2D eigenvalue weighted by Crippen LogP contribution is -2.29. The van der Waals surface area contributed by atoms with Crippen molar-refractivity contribution in [1.82, 2.24) is 4.90 Å². The molecule has 134 valence electrons. The molecule has 0 bridgehead atoms. The zero-order valence-electron chi connectivity index (χ0n) is 14.9. The number of allylic oxidation sites excluding steroid dienone is 1. The fourth-order valence-corrected chi connectivity index (χ4v) is 2.85. The van der Waals surface area contributed by atoms with Gasteiger partial charge in [0.15, 0.2) is 0 Å². The third kappa shape index (κ3) is 5.77. The molecule has 0 saturated heterocycles. The standard InChI is InChI=1S/C22H22ClNO2/c1-3-17-12-14-18(15-13-17)8-4-7-11-21(24(2)16-22(25)26)19-9-5-6-10-20(19)23/h5-7,9-15,21H,3,16H2,1-2H3,(H,25,26)/b11-7+. The van der Waals surface area contributed by atoms with Crippen molar-refractivity contribution in [3.63, 3.8) is 0 Å². The number of benzene rings is 2. The van der Waals surface area contributed by atoms with Crippen molar-refractivity contribution in [2.45, 2.75) is 19.4 Å². The molecule has 26 heavy (non-hydrogen) atoms. The van der Waals surface area contributed by atoms with E-state index in [2.05, 4.69) is 30.9 Å². The SMILES string of the molecule is CCc1ccc(C#C/C=C/C(c2ccccc2Cl)N(C)CC(=O)O)cc1. The summed E-state index contributed by atoms with van der Waals surface area (Å²) in [5, 5.41) is 9.68. The molecule has 3 nitrogen and oxygen atoms in total. The Labute approximate surface area is 159 Å². The molecule has 0 aromatic heterocycles. The number of carbonyl (C=O) groups is 1. The van der Waals surface area contributed by atoms with E-state index in [9.17, 15) is 4.79 Å². The molecule has 2 rings (SSSR count). The molecule has 0 fully saturated rings. The minimum atomic E-state index is -0.889. The normalized spacial score (nSPS) is 12.0. The van der Waals surface area contributed by atoms with E-state index in [0.29, 0.717) is 5.02 Å². The molecular weight excluding hydrogens is 346 g/mol. The maximum Gasteiger partial charge on any atom is 0.317 e. The van der Waals surface area contributed by atoms with Gasteiger partial charge < -0.3 is 5.11 Å². The molecule has 1 N–H and O–H groups in total. The van der Waals surface area contributed by atoms with Crippen molar-refractivity contribution in [2.75, 3.05) is 13.6 Å². The fourth-order valence-electron chi connectivity index (χ4n) is 2.60. The van der Waals surface area contributed by atoms with Crippen LogP contribution in [-0.4, -0.2) is 29.6 Å². The zero-order chi connectivity index (χ0) is 18.9. The van der Waals surface area contributed by atoms with Gasteiger partial charge in [0, 0.05) is 10.6 Å². The number of nitrogens with zero attached hydrogens (tertiary/aromatic N) is 1. The average Bonchev–Trinajstić information content (AvgIpc) is 2.62. The number of hydrogen-bond acceptors (Lipinski definition) is 2. The largest absolute Gasteiger partial charge is 0.480 e. The van der Waals surface area contributed by atoms with Crippen molar-refractivity contribution in [2.24, 2.45) is 0 Å². The summed E-state index contributed by atoms with van der Waals surface area (Å²) in [5.74, 6) is 5.22. The first-order chi connectivity index (χ1) is 12.5. The first-order valence-electron chi connectivity index (χ1n) is 8.45. The second-order valence-electron chi connectivity index (χ2n) is 5.95. The van der Waals surface area contributed by atoms with Gasteiger partial charge in [0.2, 0.25) is 0 Å². The van der Waals surface area contributed by atoms with Crippen LogP contribution in [0.2, 0.25) is 5.02 Å². The van der Waals surface area contributed by atoms with E-state index in [0.717, 1.165) is 17.5 Å². The monoisotopic (exact) mass is 367 g/mol. The van der Waals surface area contributed by atoms with Crippen LogP contribution < -0.4 is 0 Å². The van der Waals surface area contributed by atoms with Gasteiger partial charge in [0.05, 0.1) is 12.6 Å². The lowest BCUT2D eigenvalue weighted by atomic mass is 10.0. The Balaban J connectivity index is 2.20. The molecule has 0 aliphatic carbocycles. The summed E-state index contributed by atoms with van der Waals surface area (Å²) >= 11 is 6.29. The van der Waals surface area contributed by atoms with Gasteiger partial charge in [-0.1, -0.05) is 66.8 Å². The summed E-state index contributed by atoms with van der Waals surface area (Å²) in [7, 11) is 1.75. The molecule has 1 atom stereocenters. The summed E-state index contributed by atoms with van der Waals surface area (Å²) in [6.07, 6.45) is 4.63. The van der Waals surface area contributed by atoms with E-state index in [-0.39, 0.29) is 12.6 Å². The predicted molar refractivity (Wildman–Crippen MR) is 106 cm³/mol. The van der Waals surface area contributed by atoms with Crippen LogP contribution in [0.5, 0.6) is 0 Å². The number of halogens is 1. The van der Waals surface area contributed by atoms with E-state index < -0.39 is 5.97 Å². The summed E-state index contributed by atoms with van der Waals surface area (Å²) in [6.45, 7) is 2.03. The Kier molecular flexibility index (Phi) is 7.47. The Bertz CT molecular complexity index is 831. The third-order valence-corrected chi connectivity index (χ3v) is 4.37. The minimum Gasteiger partial charge on any atom is -0.480 e. The average molecular weight is 368 g/mol. The number of carboxylic acids is 1. The Morgan fingerprint density at radius 3 is 2.54 bits per heavy atom. The molecule has 4 heteroatoms. The van der Waals surface area contributed by atoms with Crippen molar-refractivity contribution in [3.05, 3.63) is 82.4 Å². The topological polar surface area (TPSA) is 40.5 Å². The lowest BCUT2D eigenvalue weighted by Gasteiger charge is -2.24. The van der Waals surface area contributed by atoms with E-state index >= 15 is 0 Å². The molecule has 0 radical (unpaired) electrons. The Hall–Kier alpha value is -2.54. The fraction of sp³-hybridized carbons (Fsp3) is 0.227. The molecule has 2 aromatic rings. The maximum absolute atomic E-state index is 11.1. The first-order valence-corrected chi connectivity index (χ1v) is 8.82. The molecule has 0 heterocycles. The van der Waals surface area contributed by atoms with Crippen LogP contribution in [0, 0.1) is 11.8 Å². The molecule has 1 unspecified atom stereocenters. The summed E-state index contributed by atoms with van der Waals surface area (Å²) in [4.78, 5) is 12.8. The van der Waals surface area contributed by atoms with Crippen LogP contribution in [-0.2, 0) is 11.2 Å². The van der Waals surface area contributed by atoms with E-state index in [4.69, 9.17) is 16.7 Å². The van der Waals surface area contributed by atoms with E-state index in [1.54, 1.807) is 24.1 Å². The Morgan fingerprint density at radius 1 is 1.23 bits per heavy atom. The van der Waals surface area contributed by atoms with E-state index in [1.165, 1.54) is 5.56 Å². The van der Waals surface area contributed by atoms with Gasteiger partial charge >= 0.3 is 5.97 Å². The van der Waals surface area contributed by atoms with Gasteiger partial charge in [-0.3, -0.25) is 9.69 Å². The molecule has 0 aliphatic heterocycles. The lowest BCUT2D eigenvalue weighted by molar-refractivity contribution is -0.138. The smallest absolute Gasteiger partial charge is 0.317 e. The highest BCUT2D eigenvalue weighted by molar-refractivity contribution is 6.31. The quantitative estimate of drug-likeness (QED) is 0.760. The van der Waals surface area contributed by atoms with Crippen molar-refractivity contribution in [3.8, 4) is 11.8 Å². The van der Waals surface area contributed by atoms with Crippen molar-refractivity contribution >= 4 is 17.6 Å². The van der Waals surface area contributed by atoms with Gasteiger partial charge in [-0.2, -0.15) is 0 Å². The minimum absolute atomic E-state index is 0.0911. The first kappa shape index (κ1) is 19.8. The van der Waals surface area contributed by atoms with Crippen LogP contribution in [0.25, 0.3) is 0 Å². The van der Waals surface area contributed by atoms with Crippen LogP contribution in [0.15, 0.2) is 60.7 Å². The number of hydrogen-bond donors (Lipinski definition) is 1. The molecule has 2 aromatic carbocycles. The maximum atomic E-state index is 11.1. The number of rotatable bonds is 6. The molecule has 0 amide bonds. The highest BCUT2D eigenvalue weighted by Gasteiger charge is 2.18. The summed E-state index contributed by atoms with van der Waals surface area (Å²) in [5.41, 5.74) is 3.07. The van der Waals surface area contributed by atoms with Crippen LogP contribution in [0.4, 0.5) is 0 Å². The summed E-state index contributed by atoms with van der Waals surface area (Å²) in [6, 6.07) is 15.3.